The number of rotatable bonds is 4. The summed E-state index contributed by atoms with van der Waals surface area (Å²) in [4.78, 5) is 4.47. The van der Waals surface area contributed by atoms with Crippen LogP contribution < -0.4 is 4.74 Å². The van der Waals surface area contributed by atoms with Crippen molar-refractivity contribution in [3.05, 3.63) is 60.0 Å². The number of benzene rings is 1. The van der Waals surface area contributed by atoms with Crippen molar-refractivity contribution < 1.29 is 4.74 Å². The van der Waals surface area contributed by atoms with Crippen molar-refractivity contribution in [2.75, 3.05) is 0 Å². The minimum absolute atomic E-state index is 0.195. The molecule has 0 N–H and O–H groups in total. The van der Waals surface area contributed by atoms with Gasteiger partial charge in [-0.3, -0.25) is 4.98 Å². The number of aryl methyl sites for hydroxylation is 1. The first-order valence-electron chi connectivity index (χ1n) is 7.29. The van der Waals surface area contributed by atoms with Crippen LogP contribution in [-0.4, -0.2) is 15.7 Å². The molecule has 0 amide bonds. The van der Waals surface area contributed by atoms with E-state index in [0.29, 0.717) is 0 Å². The van der Waals surface area contributed by atoms with Gasteiger partial charge in [0.15, 0.2) is 0 Å². The van der Waals surface area contributed by atoms with Gasteiger partial charge in [-0.2, -0.15) is 0 Å². The van der Waals surface area contributed by atoms with Crippen LogP contribution in [0.5, 0.6) is 5.75 Å². The molecule has 0 aliphatic heterocycles. The summed E-state index contributed by atoms with van der Waals surface area (Å²) in [6.45, 7) is 6.97. The van der Waals surface area contributed by atoms with E-state index in [1.807, 2.05) is 32.2 Å². The molecule has 0 aliphatic carbocycles. The Labute approximate surface area is 125 Å². The third-order valence-corrected chi connectivity index (χ3v) is 3.55. The molecule has 2 heterocycles. The molecule has 0 aliphatic rings. The quantitative estimate of drug-likeness (QED) is 0.717. The van der Waals surface area contributed by atoms with Crippen LogP contribution in [0.2, 0.25) is 0 Å². The van der Waals surface area contributed by atoms with Crippen LogP contribution in [0.4, 0.5) is 0 Å². The summed E-state index contributed by atoms with van der Waals surface area (Å²) >= 11 is 0. The number of hydrogen-bond donors (Lipinski definition) is 0. The summed E-state index contributed by atoms with van der Waals surface area (Å²) < 4.78 is 7.97. The number of pyridine rings is 1. The maximum Gasteiger partial charge on any atom is 0.120 e. The number of ether oxygens (including phenoxy) is 1. The molecule has 21 heavy (non-hydrogen) atoms. The van der Waals surface area contributed by atoms with E-state index >= 15 is 0 Å². The number of fused-ring (bicyclic) bond motifs is 1. The summed E-state index contributed by atoms with van der Waals surface area (Å²) in [5.74, 6) is 0.921. The number of hydrogen-bond acceptors (Lipinski definition) is 2. The molecule has 0 bridgehead atoms. The Kier molecular flexibility index (Phi) is 3.65. The van der Waals surface area contributed by atoms with Crippen LogP contribution >= 0.6 is 0 Å². The minimum Gasteiger partial charge on any atom is -0.491 e. The normalized spacial score (nSPS) is 11.2. The SMILES string of the molecule is Cc1cccnc1Cn1ccc2cc(OC(C)C)ccc21. The van der Waals surface area contributed by atoms with E-state index in [2.05, 4.69) is 46.9 Å². The Hall–Kier alpha value is -2.29. The van der Waals surface area contributed by atoms with Gasteiger partial charge in [0, 0.05) is 23.3 Å². The van der Waals surface area contributed by atoms with Crippen molar-refractivity contribution in [2.45, 2.75) is 33.4 Å². The Morgan fingerprint density at radius 3 is 2.81 bits per heavy atom. The predicted molar refractivity (Wildman–Crippen MR) is 85.8 cm³/mol. The van der Waals surface area contributed by atoms with Crippen molar-refractivity contribution in [1.82, 2.24) is 9.55 Å². The van der Waals surface area contributed by atoms with E-state index in [-0.39, 0.29) is 6.10 Å². The Morgan fingerprint density at radius 1 is 1.19 bits per heavy atom. The fourth-order valence-corrected chi connectivity index (χ4v) is 2.51. The Balaban J connectivity index is 1.92. The van der Waals surface area contributed by atoms with E-state index in [1.54, 1.807) is 0 Å². The molecule has 108 valence electrons. The lowest BCUT2D eigenvalue weighted by Crippen LogP contribution is -2.05. The summed E-state index contributed by atoms with van der Waals surface area (Å²) in [5, 5.41) is 1.20. The van der Waals surface area contributed by atoms with Gasteiger partial charge in [0.05, 0.1) is 18.3 Å². The molecule has 3 rings (SSSR count). The molecule has 0 atom stereocenters. The first-order chi connectivity index (χ1) is 10.1. The third kappa shape index (κ3) is 2.92. The predicted octanol–water partition coefficient (Wildman–Crippen LogP) is 4.18. The van der Waals surface area contributed by atoms with Crippen molar-refractivity contribution in [3.63, 3.8) is 0 Å². The van der Waals surface area contributed by atoms with E-state index in [0.717, 1.165) is 18.0 Å². The fraction of sp³-hybridized carbons (Fsp3) is 0.278. The summed E-state index contributed by atoms with van der Waals surface area (Å²) in [5.41, 5.74) is 3.53. The van der Waals surface area contributed by atoms with Crippen LogP contribution in [0.25, 0.3) is 10.9 Å². The molecule has 0 radical (unpaired) electrons. The van der Waals surface area contributed by atoms with Crippen molar-refractivity contribution in [3.8, 4) is 5.75 Å². The Bertz CT molecular complexity index is 759. The lowest BCUT2D eigenvalue weighted by molar-refractivity contribution is 0.243. The molecule has 0 saturated carbocycles. The highest BCUT2D eigenvalue weighted by Gasteiger charge is 2.06. The van der Waals surface area contributed by atoms with Gasteiger partial charge < -0.3 is 9.30 Å². The monoisotopic (exact) mass is 280 g/mol. The van der Waals surface area contributed by atoms with Gasteiger partial charge in [-0.25, -0.2) is 0 Å². The van der Waals surface area contributed by atoms with Crippen molar-refractivity contribution >= 4 is 10.9 Å². The van der Waals surface area contributed by atoms with Gasteiger partial charge in [-0.1, -0.05) is 6.07 Å². The van der Waals surface area contributed by atoms with E-state index in [1.165, 1.54) is 16.5 Å². The highest BCUT2D eigenvalue weighted by Crippen LogP contribution is 2.23. The molecule has 0 fully saturated rings. The summed E-state index contributed by atoms with van der Waals surface area (Å²) in [6, 6.07) is 12.4. The average Bonchev–Trinajstić information content (AvgIpc) is 2.83. The smallest absolute Gasteiger partial charge is 0.120 e. The summed E-state index contributed by atoms with van der Waals surface area (Å²) in [6.07, 6.45) is 4.15. The van der Waals surface area contributed by atoms with Crippen molar-refractivity contribution in [1.29, 1.82) is 0 Å². The highest BCUT2D eigenvalue weighted by molar-refractivity contribution is 5.81. The maximum atomic E-state index is 5.75. The molecule has 2 aromatic heterocycles. The van der Waals surface area contributed by atoms with Crippen LogP contribution in [0, 0.1) is 6.92 Å². The molecule has 0 unspecified atom stereocenters. The zero-order valence-corrected chi connectivity index (χ0v) is 12.7. The molecular formula is C18H20N2O. The second kappa shape index (κ2) is 5.60. The lowest BCUT2D eigenvalue weighted by atomic mass is 10.2. The van der Waals surface area contributed by atoms with Crippen LogP contribution in [0.15, 0.2) is 48.8 Å². The zero-order valence-electron chi connectivity index (χ0n) is 12.7. The topological polar surface area (TPSA) is 27.1 Å². The molecule has 3 nitrogen and oxygen atoms in total. The molecule has 3 aromatic rings. The summed E-state index contributed by atoms with van der Waals surface area (Å²) in [7, 11) is 0. The van der Waals surface area contributed by atoms with Crippen molar-refractivity contribution in [2.24, 2.45) is 0 Å². The van der Waals surface area contributed by atoms with Gasteiger partial charge in [-0.15, -0.1) is 0 Å². The Morgan fingerprint density at radius 2 is 2.05 bits per heavy atom. The van der Waals surface area contributed by atoms with Gasteiger partial charge in [-0.05, 0) is 56.7 Å². The largest absolute Gasteiger partial charge is 0.491 e. The van der Waals surface area contributed by atoms with Gasteiger partial charge >= 0.3 is 0 Å². The first-order valence-corrected chi connectivity index (χ1v) is 7.29. The molecule has 0 saturated heterocycles. The molecule has 0 spiro atoms. The van der Waals surface area contributed by atoms with Gasteiger partial charge in [0.1, 0.15) is 5.75 Å². The van der Waals surface area contributed by atoms with Crippen LogP contribution in [0.1, 0.15) is 25.1 Å². The average molecular weight is 280 g/mol. The van der Waals surface area contributed by atoms with Crippen LogP contribution in [-0.2, 0) is 6.54 Å². The zero-order chi connectivity index (χ0) is 14.8. The van der Waals surface area contributed by atoms with E-state index in [9.17, 15) is 0 Å². The lowest BCUT2D eigenvalue weighted by Gasteiger charge is -2.11. The first kappa shape index (κ1) is 13.7. The molecule has 1 aromatic carbocycles. The fourth-order valence-electron chi connectivity index (χ4n) is 2.51. The molecular weight excluding hydrogens is 260 g/mol. The number of nitrogens with zero attached hydrogens (tertiary/aromatic N) is 2. The minimum atomic E-state index is 0.195. The second-order valence-electron chi connectivity index (χ2n) is 5.60. The standard InChI is InChI=1S/C18H20N2O/c1-13(2)21-16-6-7-18-15(11-16)8-10-20(18)12-17-14(3)5-4-9-19-17/h4-11,13H,12H2,1-3H3. The van der Waals surface area contributed by atoms with Gasteiger partial charge in [0.2, 0.25) is 0 Å². The van der Waals surface area contributed by atoms with E-state index in [4.69, 9.17) is 4.74 Å². The molecule has 3 heteroatoms. The van der Waals surface area contributed by atoms with Crippen LogP contribution in [0.3, 0.4) is 0 Å². The second-order valence-corrected chi connectivity index (χ2v) is 5.60. The number of aromatic nitrogens is 2. The third-order valence-electron chi connectivity index (χ3n) is 3.55. The van der Waals surface area contributed by atoms with E-state index < -0.39 is 0 Å². The highest BCUT2D eigenvalue weighted by atomic mass is 16.5. The van der Waals surface area contributed by atoms with Gasteiger partial charge in [0.25, 0.3) is 0 Å². The maximum absolute atomic E-state index is 5.75.